The summed E-state index contributed by atoms with van der Waals surface area (Å²) in [5.74, 6) is 0. The normalized spacial score (nSPS) is 11.8. The van der Waals surface area contributed by atoms with E-state index in [1.54, 1.807) is 0 Å². The summed E-state index contributed by atoms with van der Waals surface area (Å²) in [6.45, 7) is 0. The molecule has 0 aliphatic carbocycles. The van der Waals surface area contributed by atoms with Crippen LogP contribution < -0.4 is 4.90 Å². The van der Waals surface area contributed by atoms with E-state index < -0.39 is 0 Å². The Morgan fingerprint density at radius 1 is 0.317 bits per heavy atom. The first-order valence-electron chi connectivity index (χ1n) is 21.6. The number of fused-ring (bicyclic) bond motifs is 11. The molecule has 0 spiro atoms. The van der Waals surface area contributed by atoms with Gasteiger partial charge in [-0.1, -0.05) is 158 Å². The monoisotopic (exact) mass is 802 g/mol. The van der Waals surface area contributed by atoms with E-state index in [4.69, 9.17) is 4.42 Å². The Balaban J connectivity index is 0.922. The molecule has 0 fully saturated rings. The van der Waals surface area contributed by atoms with E-state index in [1.165, 1.54) is 54.3 Å². The van der Waals surface area contributed by atoms with Crippen LogP contribution in [0.5, 0.6) is 0 Å². The van der Waals surface area contributed by atoms with Crippen LogP contribution in [-0.2, 0) is 0 Å². The summed E-state index contributed by atoms with van der Waals surface area (Å²) < 4.78 is 8.98. The largest absolute Gasteiger partial charge is 0.455 e. The second-order valence-corrected chi connectivity index (χ2v) is 16.5. The van der Waals surface area contributed by atoms with Gasteiger partial charge in [-0.15, -0.1) is 0 Å². The number of para-hydroxylation sites is 3. The molecule has 63 heavy (non-hydrogen) atoms. The smallest absolute Gasteiger partial charge is 0.143 e. The minimum absolute atomic E-state index is 0.896. The second kappa shape index (κ2) is 14.1. The highest BCUT2D eigenvalue weighted by molar-refractivity contribution is 6.15. The summed E-state index contributed by atoms with van der Waals surface area (Å²) in [4.78, 5) is 2.38. The average molecular weight is 803 g/mol. The molecule has 0 unspecified atom stereocenters. The van der Waals surface area contributed by atoms with Crippen LogP contribution in [0.1, 0.15) is 0 Å². The fraction of sp³-hybridized carbons (Fsp3) is 0. The molecule has 13 aromatic rings. The third-order valence-electron chi connectivity index (χ3n) is 13.0. The number of furan rings is 1. The lowest BCUT2D eigenvalue weighted by atomic mass is 10.00. The van der Waals surface area contributed by atoms with Crippen LogP contribution in [0.4, 0.5) is 17.1 Å². The van der Waals surface area contributed by atoms with Crippen molar-refractivity contribution in [2.24, 2.45) is 0 Å². The Morgan fingerprint density at radius 3 is 1.56 bits per heavy atom. The molecule has 0 N–H and O–H groups in total. The number of aromatic nitrogens is 1. The Hall–Kier alpha value is -8.40. The lowest BCUT2D eigenvalue weighted by Gasteiger charge is -2.26. The summed E-state index contributed by atoms with van der Waals surface area (Å²) in [5, 5.41) is 12.0. The van der Waals surface area contributed by atoms with Crippen molar-refractivity contribution in [3.63, 3.8) is 0 Å². The molecule has 2 heterocycles. The number of rotatable bonds is 6. The van der Waals surface area contributed by atoms with Gasteiger partial charge in [-0.3, -0.25) is 0 Å². The third-order valence-corrected chi connectivity index (χ3v) is 13.0. The van der Waals surface area contributed by atoms with Crippen LogP contribution in [0, 0.1) is 0 Å². The van der Waals surface area contributed by atoms with Crippen molar-refractivity contribution in [3.8, 4) is 27.9 Å². The molecule has 11 aromatic carbocycles. The topological polar surface area (TPSA) is 21.3 Å². The molecule has 0 saturated carbocycles. The Kier molecular flexibility index (Phi) is 7.91. The zero-order chi connectivity index (χ0) is 41.4. The Labute approximate surface area is 363 Å². The van der Waals surface area contributed by atoms with E-state index in [0.29, 0.717) is 0 Å². The number of nitrogens with zero attached hydrogens (tertiary/aromatic N) is 2. The van der Waals surface area contributed by atoms with E-state index in [0.717, 1.165) is 66.8 Å². The number of hydrogen-bond acceptors (Lipinski definition) is 2. The highest BCUT2D eigenvalue weighted by atomic mass is 16.3. The van der Waals surface area contributed by atoms with Crippen molar-refractivity contribution in [1.29, 1.82) is 0 Å². The fourth-order valence-corrected chi connectivity index (χ4v) is 9.95. The van der Waals surface area contributed by atoms with Crippen molar-refractivity contribution in [3.05, 3.63) is 231 Å². The Morgan fingerprint density at radius 2 is 0.825 bits per heavy atom. The van der Waals surface area contributed by atoms with Crippen LogP contribution in [0.3, 0.4) is 0 Å². The van der Waals surface area contributed by atoms with Gasteiger partial charge in [-0.2, -0.15) is 0 Å². The van der Waals surface area contributed by atoms with Crippen molar-refractivity contribution >= 4 is 93.1 Å². The summed E-state index contributed by atoms with van der Waals surface area (Å²) in [5.41, 5.74) is 13.2. The predicted molar refractivity (Wildman–Crippen MR) is 266 cm³/mol. The lowest BCUT2D eigenvalue weighted by molar-refractivity contribution is 0.673. The Bertz CT molecular complexity index is 3860. The summed E-state index contributed by atoms with van der Waals surface area (Å²) >= 11 is 0. The molecule has 0 radical (unpaired) electrons. The third kappa shape index (κ3) is 5.67. The van der Waals surface area contributed by atoms with E-state index in [2.05, 4.69) is 240 Å². The van der Waals surface area contributed by atoms with Gasteiger partial charge in [0, 0.05) is 49.6 Å². The van der Waals surface area contributed by atoms with Crippen LogP contribution in [0.25, 0.3) is 104 Å². The molecule has 0 aliphatic heterocycles. The maximum atomic E-state index is 6.57. The van der Waals surface area contributed by atoms with Crippen LogP contribution in [-0.4, -0.2) is 4.57 Å². The minimum atomic E-state index is 0.896. The first-order chi connectivity index (χ1) is 31.2. The molecule has 294 valence electrons. The highest BCUT2D eigenvalue weighted by Crippen LogP contribution is 2.42. The van der Waals surface area contributed by atoms with Gasteiger partial charge < -0.3 is 13.9 Å². The van der Waals surface area contributed by atoms with Gasteiger partial charge in [0.15, 0.2) is 0 Å². The van der Waals surface area contributed by atoms with Crippen LogP contribution in [0.2, 0.25) is 0 Å². The summed E-state index contributed by atoms with van der Waals surface area (Å²) in [6, 6.07) is 83.5. The zero-order valence-electron chi connectivity index (χ0n) is 34.2. The van der Waals surface area contributed by atoms with Gasteiger partial charge in [0.25, 0.3) is 0 Å². The fourth-order valence-electron chi connectivity index (χ4n) is 9.95. The van der Waals surface area contributed by atoms with Crippen molar-refractivity contribution < 1.29 is 4.42 Å². The molecule has 0 saturated heterocycles. The molecule has 0 amide bonds. The average Bonchev–Trinajstić information content (AvgIpc) is 3.90. The lowest BCUT2D eigenvalue weighted by Crippen LogP contribution is -2.10. The number of anilines is 3. The summed E-state index contributed by atoms with van der Waals surface area (Å²) in [7, 11) is 0. The molecule has 3 heteroatoms. The first kappa shape index (κ1) is 35.4. The van der Waals surface area contributed by atoms with Gasteiger partial charge >= 0.3 is 0 Å². The number of hydrogen-bond donors (Lipinski definition) is 0. The first-order valence-corrected chi connectivity index (χ1v) is 21.6. The standard InChI is InChI=1S/C60H38N2O/c1-3-13-48-40(11-1)21-22-43-27-34-47(38-55(43)48)61(45-30-23-39(24-31-45)44-29-35-53-54-36-28-41-12-2-4-15-50(41)60(54)63-59(53)37-44)46-32-25-42(26-33-46)49-14-5-8-18-56(49)62-57-19-9-6-16-51(57)52-17-7-10-20-58(52)62/h1-38H. The number of benzene rings is 11. The van der Waals surface area contributed by atoms with Crippen LogP contribution in [0.15, 0.2) is 235 Å². The molecule has 0 aliphatic rings. The van der Waals surface area contributed by atoms with E-state index >= 15 is 0 Å². The molecule has 3 nitrogen and oxygen atoms in total. The zero-order valence-corrected chi connectivity index (χ0v) is 34.2. The van der Waals surface area contributed by atoms with Gasteiger partial charge in [-0.05, 0) is 116 Å². The van der Waals surface area contributed by atoms with Gasteiger partial charge in [0.05, 0.1) is 16.7 Å². The maximum Gasteiger partial charge on any atom is 0.143 e. The van der Waals surface area contributed by atoms with Gasteiger partial charge in [0.2, 0.25) is 0 Å². The van der Waals surface area contributed by atoms with Crippen molar-refractivity contribution in [2.45, 2.75) is 0 Å². The van der Waals surface area contributed by atoms with Gasteiger partial charge in [0.1, 0.15) is 11.2 Å². The molecular formula is C60H38N2O. The van der Waals surface area contributed by atoms with Crippen molar-refractivity contribution in [1.82, 2.24) is 4.57 Å². The second-order valence-electron chi connectivity index (χ2n) is 16.5. The SMILES string of the molecule is c1ccc(-n2c3ccccc3c3ccccc32)c(-c2ccc(N(c3ccc(-c4ccc5c(c4)oc4c6ccccc6ccc54)cc3)c3ccc4ccc5ccccc5c4c3)cc2)c1. The van der Waals surface area contributed by atoms with Crippen molar-refractivity contribution in [2.75, 3.05) is 4.90 Å². The minimum Gasteiger partial charge on any atom is -0.455 e. The predicted octanol–water partition coefficient (Wildman–Crippen LogP) is 16.9. The molecule has 13 rings (SSSR count). The molecule has 0 atom stereocenters. The maximum absolute atomic E-state index is 6.57. The van der Waals surface area contributed by atoms with E-state index in [9.17, 15) is 0 Å². The molecule has 0 bridgehead atoms. The van der Waals surface area contributed by atoms with E-state index in [1.807, 2.05) is 0 Å². The highest BCUT2D eigenvalue weighted by Gasteiger charge is 2.18. The molecule has 2 aromatic heterocycles. The summed E-state index contributed by atoms with van der Waals surface area (Å²) in [6.07, 6.45) is 0. The quantitative estimate of drug-likeness (QED) is 0.156. The van der Waals surface area contributed by atoms with Crippen LogP contribution >= 0.6 is 0 Å². The van der Waals surface area contributed by atoms with E-state index in [-0.39, 0.29) is 0 Å². The van der Waals surface area contributed by atoms with Gasteiger partial charge in [-0.25, -0.2) is 0 Å². The molecular weight excluding hydrogens is 765 g/mol.